The molecule has 2 aromatic rings. The molecule has 0 amide bonds. The molecule has 0 radical (unpaired) electrons. The number of benzene rings is 1. The number of aromatic nitrogens is 1. The molecule has 6 nitrogen and oxygen atoms in total. The van der Waals surface area contributed by atoms with Gasteiger partial charge in [-0.05, 0) is 30.9 Å². The molecule has 0 atom stereocenters. The van der Waals surface area contributed by atoms with Crippen molar-refractivity contribution < 1.29 is 8.42 Å². The third-order valence-electron chi connectivity index (χ3n) is 5.05. The standard InChI is InChI=1S/C18H22N4O2S/c23-25(24)17-14-19-10-6-16(17)20-18(21-25)8-12-22(13-9-18)11-7-15-4-2-1-3-5-15/h1-6,10,14,20-21H,7-9,11-13H2. The van der Waals surface area contributed by atoms with Crippen LogP contribution in [0.3, 0.4) is 0 Å². The van der Waals surface area contributed by atoms with Gasteiger partial charge in [0.25, 0.3) is 0 Å². The van der Waals surface area contributed by atoms with Crippen LogP contribution in [0.5, 0.6) is 0 Å². The Bertz CT molecular complexity index is 846. The van der Waals surface area contributed by atoms with Crippen LogP contribution in [0.1, 0.15) is 18.4 Å². The second kappa shape index (κ2) is 6.40. The molecule has 0 bridgehead atoms. The van der Waals surface area contributed by atoms with Gasteiger partial charge in [-0.2, -0.15) is 4.72 Å². The molecule has 25 heavy (non-hydrogen) atoms. The van der Waals surface area contributed by atoms with Crippen LogP contribution in [0.15, 0.2) is 53.7 Å². The van der Waals surface area contributed by atoms with Crippen molar-refractivity contribution in [3.63, 3.8) is 0 Å². The van der Waals surface area contributed by atoms with E-state index in [0.717, 1.165) is 38.9 Å². The van der Waals surface area contributed by atoms with Crippen molar-refractivity contribution >= 4 is 15.7 Å². The van der Waals surface area contributed by atoms with Gasteiger partial charge in [0.2, 0.25) is 10.0 Å². The highest BCUT2D eigenvalue weighted by atomic mass is 32.2. The first kappa shape index (κ1) is 16.5. The average Bonchev–Trinajstić information content (AvgIpc) is 2.62. The Morgan fingerprint density at radius 1 is 1.12 bits per heavy atom. The van der Waals surface area contributed by atoms with Crippen LogP contribution >= 0.6 is 0 Å². The minimum absolute atomic E-state index is 0.229. The highest BCUT2D eigenvalue weighted by Crippen LogP contribution is 2.34. The Morgan fingerprint density at radius 3 is 2.64 bits per heavy atom. The fourth-order valence-electron chi connectivity index (χ4n) is 3.61. The molecule has 2 aliphatic heterocycles. The van der Waals surface area contributed by atoms with Crippen LogP contribution in [0.25, 0.3) is 0 Å². The number of sulfonamides is 1. The van der Waals surface area contributed by atoms with Crippen LogP contribution < -0.4 is 10.0 Å². The summed E-state index contributed by atoms with van der Waals surface area (Å²) in [6, 6.07) is 12.2. The molecule has 1 aromatic carbocycles. The average molecular weight is 358 g/mol. The Labute approximate surface area is 148 Å². The lowest BCUT2D eigenvalue weighted by molar-refractivity contribution is 0.166. The van der Waals surface area contributed by atoms with Gasteiger partial charge in [0, 0.05) is 32.0 Å². The predicted octanol–water partition coefficient (Wildman–Crippen LogP) is 1.82. The van der Waals surface area contributed by atoms with Gasteiger partial charge >= 0.3 is 0 Å². The van der Waals surface area contributed by atoms with Gasteiger partial charge in [-0.25, -0.2) is 8.42 Å². The number of fused-ring (bicyclic) bond motifs is 1. The van der Waals surface area contributed by atoms with Gasteiger partial charge in [0.1, 0.15) is 10.6 Å². The number of hydrogen-bond acceptors (Lipinski definition) is 5. The van der Waals surface area contributed by atoms with Crippen LogP contribution in [0.4, 0.5) is 5.69 Å². The molecule has 2 N–H and O–H groups in total. The topological polar surface area (TPSA) is 74.3 Å². The number of nitrogens with one attached hydrogen (secondary N) is 2. The number of piperidine rings is 1. The normalized spacial score (nSPS) is 21.4. The minimum atomic E-state index is -3.52. The van der Waals surface area contributed by atoms with E-state index >= 15 is 0 Å². The monoisotopic (exact) mass is 358 g/mol. The second-order valence-corrected chi connectivity index (χ2v) is 8.41. The van der Waals surface area contributed by atoms with Gasteiger partial charge in [-0.3, -0.25) is 4.98 Å². The quantitative estimate of drug-likeness (QED) is 0.875. The molecule has 1 saturated heterocycles. The molecule has 4 rings (SSSR count). The van der Waals surface area contributed by atoms with E-state index in [-0.39, 0.29) is 4.90 Å². The number of likely N-dealkylation sites (tertiary alicyclic amines) is 1. The third kappa shape index (κ3) is 3.40. The van der Waals surface area contributed by atoms with E-state index in [0.29, 0.717) is 5.69 Å². The number of hydrogen-bond donors (Lipinski definition) is 2. The maximum Gasteiger partial charge on any atom is 0.246 e. The van der Waals surface area contributed by atoms with Crippen molar-refractivity contribution in [2.45, 2.75) is 29.8 Å². The van der Waals surface area contributed by atoms with Crippen LogP contribution in [0.2, 0.25) is 0 Å². The summed E-state index contributed by atoms with van der Waals surface area (Å²) in [7, 11) is -3.52. The molecule has 1 spiro atoms. The highest BCUT2D eigenvalue weighted by Gasteiger charge is 2.43. The number of rotatable bonds is 3. The lowest BCUT2D eigenvalue weighted by Crippen LogP contribution is -2.62. The van der Waals surface area contributed by atoms with E-state index in [1.54, 1.807) is 12.3 Å². The smallest absolute Gasteiger partial charge is 0.246 e. The van der Waals surface area contributed by atoms with Gasteiger partial charge < -0.3 is 10.2 Å². The molecule has 3 heterocycles. The third-order valence-corrected chi connectivity index (χ3v) is 6.61. The summed E-state index contributed by atoms with van der Waals surface area (Å²) >= 11 is 0. The summed E-state index contributed by atoms with van der Waals surface area (Å²) in [5, 5.41) is 3.41. The van der Waals surface area contributed by atoms with Gasteiger partial charge in [0.15, 0.2) is 0 Å². The van der Waals surface area contributed by atoms with Crippen LogP contribution in [-0.4, -0.2) is 43.6 Å². The molecule has 0 saturated carbocycles. The number of pyridine rings is 1. The molecule has 0 unspecified atom stereocenters. The summed E-state index contributed by atoms with van der Waals surface area (Å²) in [6.07, 6.45) is 5.51. The largest absolute Gasteiger partial charge is 0.365 e. The molecule has 1 fully saturated rings. The fourth-order valence-corrected chi connectivity index (χ4v) is 5.10. The van der Waals surface area contributed by atoms with Crippen molar-refractivity contribution in [3.8, 4) is 0 Å². The van der Waals surface area contributed by atoms with Crippen LogP contribution in [-0.2, 0) is 16.4 Å². The Hall–Kier alpha value is -1.96. The number of anilines is 1. The Kier molecular flexibility index (Phi) is 4.23. The van der Waals surface area contributed by atoms with Crippen molar-refractivity contribution in [2.75, 3.05) is 25.0 Å². The summed E-state index contributed by atoms with van der Waals surface area (Å²) in [4.78, 5) is 6.55. The first-order valence-corrected chi connectivity index (χ1v) is 10.1. The molecule has 7 heteroatoms. The van der Waals surface area contributed by atoms with E-state index in [4.69, 9.17) is 0 Å². The second-order valence-electron chi connectivity index (χ2n) is 6.76. The number of nitrogens with zero attached hydrogens (tertiary/aromatic N) is 2. The van der Waals surface area contributed by atoms with E-state index in [2.05, 4.69) is 44.2 Å². The first-order chi connectivity index (χ1) is 12.1. The van der Waals surface area contributed by atoms with E-state index in [1.165, 1.54) is 11.8 Å². The van der Waals surface area contributed by atoms with Crippen molar-refractivity contribution in [3.05, 3.63) is 54.4 Å². The van der Waals surface area contributed by atoms with Gasteiger partial charge in [-0.1, -0.05) is 30.3 Å². The zero-order chi connectivity index (χ0) is 17.3. The molecule has 2 aliphatic rings. The van der Waals surface area contributed by atoms with E-state index in [1.807, 2.05) is 6.07 Å². The lowest BCUT2D eigenvalue weighted by atomic mass is 9.96. The summed E-state index contributed by atoms with van der Waals surface area (Å²) in [5.41, 5.74) is 1.39. The SMILES string of the molecule is O=S1(=O)NC2(CCN(CCc3ccccc3)CC2)Nc2ccncc21. The zero-order valence-corrected chi connectivity index (χ0v) is 14.8. The molecular weight excluding hydrogens is 336 g/mol. The molecule has 1 aromatic heterocycles. The lowest BCUT2D eigenvalue weighted by Gasteiger charge is -2.45. The maximum absolute atomic E-state index is 12.5. The zero-order valence-electron chi connectivity index (χ0n) is 14.0. The van der Waals surface area contributed by atoms with Gasteiger partial charge in [0.05, 0.1) is 5.69 Å². The molecular formula is C18H22N4O2S. The predicted molar refractivity (Wildman–Crippen MR) is 96.7 cm³/mol. The summed E-state index contributed by atoms with van der Waals surface area (Å²) in [6.45, 7) is 2.72. The first-order valence-electron chi connectivity index (χ1n) is 8.59. The van der Waals surface area contributed by atoms with Crippen molar-refractivity contribution in [1.29, 1.82) is 0 Å². The molecule has 132 valence electrons. The van der Waals surface area contributed by atoms with Crippen LogP contribution in [0, 0.1) is 0 Å². The van der Waals surface area contributed by atoms with Crippen molar-refractivity contribution in [1.82, 2.24) is 14.6 Å². The highest BCUT2D eigenvalue weighted by molar-refractivity contribution is 7.89. The molecule has 0 aliphatic carbocycles. The Morgan fingerprint density at radius 2 is 1.88 bits per heavy atom. The summed E-state index contributed by atoms with van der Waals surface area (Å²) < 4.78 is 27.9. The maximum atomic E-state index is 12.5. The van der Waals surface area contributed by atoms with Crippen molar-refractivity contribution in [2.24, 2.45) is 0 Å². The van der Waals surface area contributed by atoms with E-state index < -0.39 is 15.7 Å². The minimum Gasteiger partial charge on any atom is -0.365 e. The summed E-state index contributed by atoms with van der Waals surface area (Å²) in [5.74, 6) is 0. The fraction of sp³-hybridized carbons (Fsp3) is 0.389. The Balaban J connectivity index is 1.42. The van der Waals surface area contributed by atoms with Gasteiger partial charge in [-0.15, -0.1) is 0 Å². The van der Waals surface area contributed by atoms with E-state index in [9.17, 15) is 8.42 Å².